The number of fused-ring (bicyclic) bond motifs is 6. The summed E-state index contributed by atoms with van der Waals surface area (Å²) < 4.78 is 19.8. The highest BCUT2D eigenvalue weighted by molar-refractivity contribution is 6.00. The number of nitrogens with zero attached hydrogens (tertiary/aromatic N) is 3. The largest absolute Gasteiger partial charge is 0.494 e. The summed E-state index contributed by atoms with van der Waals surface area (Å²) in [6.45, 7) is 9.69. The van der Waals surface area contributed by atoms with Crippen molar-refractivity contribution in [3.63, 3.8) is 0 Å². The molecule has 1 saturated heterocycles. The van der Waals surface area contributed by atoms with Crippen LogP contribution in [0.3, 0.4) is 0 Å². The Morgan fingerprint density at radius 1 is 1.08 bits per heavy atom. The summed E-state index contributed by atoms with van der Waals surface area (Å²) in [7, 11) is 1.62. The van der Waals surface area contributed by atoms with Gasteiger partial charge in [0, 0.05) is 20.0 Å². The Hall–Kier alpha value is -4.50. The molecule has 38 heavy (non-hydrogen) atoms. The van der Waals surface area contributed by atoms with Crippen LogP contribution in [0.25, 0.3) is 21.3 Å². The smallest absolute Gasteiger partial charge is 0.205 e. The van der Waals surface area contributed by atoms with Crippen molar-refractivity contribution in [2.24, 2.45) is 0 Å². The first-order valence-corrected chi connectivity index (χ1v) is 12.3. The Morgan fingerprint density at radius 2 is 1.79 bits per heavy atom. The van der Waals surface area contributed by atoms with Crippen molar-refractivity contribution in [1.29, 1.82) is 5.26 Å². The van der Waals surface area contributed by atoms with E-state index >= 15 is 0 Å². The molecule has 2 aliphatic rings. The maximum Gasteiger partial charge on any atom is 0.205 e. The van der Waals surface area contributed by atoms with Crippen molar-refractivity contribution >= 4 is 16.5 Å². The van der Waals surface area contributed by atoms with E-state index in [4.69, 9.17) is 26.0 Å². The number of hydrogen-bond acceptors (Lipinski definition) is 6. The van der Waals surface area contributed by atoms with Gasteiger partial charge in [-0.25, -0.2) is 4.85 Å². The summed E-state index contributed by atoms with van der Waals surface area (Å²) in [4.78, 5) is 3.62. The zero-order valence-electron chi connectivity index (χ0n) is 20.9. The predicted molar refractivity (Wildman–Crippen MR) is 140 cm³/mol. The molecular formula is C30H25N3O5. The van der Waals surface area contributed by atoms with Crippen LogP contribution in [0.5, 0.6) is 17.5 Å². The second kappa shape index (κ2) is 8.53. The van der Waals surface area contributed by atoms with Gasteiger partial charge >= 0.3 is 0 Å². The van der Waals surface area contributed by atoms with Crippen LogP contribution >= 0.6 is 0 Å². The monoisotopic (exact) mass is 507 g/mol. The summed E-state index contributed by atoms with van der Waals surface area (Å²) >= 11 is 0. The Morgan fingerprint density at radius 3 is 2.47 bits per heavy atom. The highest BCUT2D eigenvalue weighted by Gasteiger charge is 2.66. The van der Waals surface area contributed by atoms with E-state index in [2.05, 4.69) is 10.9 Å². The van der Waals surface area contributed by atoms with E-state index in [1.807, 2.05) is 31.2 Å². The highest BCUT2D eigenvalue weighted by Crippen LogP contribution is 2.66. The van der Waals surface area contributed by atoms with Gasteiger partial charge in [-0.2, -0.15) is 5.26 Å². The number of aromatic hydroxyl groups is 2. The van der Waals surface area contributed by atoms with Gasteiger partial charge in [-0.05, 0) is 48.0 Å². The lowest BCUT2D eigenvalue weighted by Crippen LogP contribution is -2.35. The molecule has 1 aromatic heterocycles. The number of benzene rings is 3. The minimum atomic E-state index is -0.975. The molecule has 2 unspecified atom stereocenters. The van der Waals surface area contributed by atoms with E-state index in [0.717, 1.165) is 10.8 Å². The van der Waals surface area contributed by atoms with Gasteiger partial charge in [-0.15, -0.1) is 0 Å². The predicted octanol–water partition coefficient (Wildman–Crippen LogP) is 5.79. The third-order valence-electron chi connectivity index (χ3n) is 7.89. The van der Waals surface area contributed by atoms with E-state index in [1.54, 1.807) is 43.5 Å². The molecule has 3 atom stereocenters. The van der Waals surface area contributed by atoms with Crippen LogP contribution in [-0.2, 0) is 20.7 Å². The molecule has 8 heteroatoms. The molecule has 0 radical (unpaired) electrons. The topological polar surface area (TPSA) is 101 Å². The quantitative estimate of drug-likeness (QED) is 0.320. The Balaban J connectivity index is 1.44. The van der Waals surface area contributed by atoms with Crippen LogP contribution in [0.1, 0.15) is 36.5 Å². The maximum atomic E-state index is 11.7. The minimum Gasteiger partial charge on any atom is -0.494 e. The number of nitriles is 1. The fourth-order valence-corrected chi connectivity index (χ4v) is 6.16. The fraction of sp³-hybridized carbons (Fsp3) is 0.267. The van der Waals surface area contributed by atoms with E-state index in [-0.39, 0.29) is 24.5 Å². The van der Waals surface area contributed by atoms with E-state index in [0.29, 0.717) is 46.7 Å². The average molecular weight is 508 g/mol. The van der Waals surface area contributed by atoms with E-state index in [9.17, 15) is 10.2 Å². The lowest BCUT2D eigenvalue weighted by Gasteiger charge is -2.29. The molecule has 190 valence electrons. The van der Waals surface area contributed by atoms with Crippen LogP contribution in [0, 0.1) is 17.9 Å². The molecule has 3 heterocycles. The van der Waals surface area contributed by atoms with Gasteiger partial charge in [0.15, 0.2) is 5.69 Å². The second-order valence-electron chi connectivity index (χ2n) is 9.86. The molecule has 0 spiro atoms. The maximum absolute atomic E-state index is 11.7. The van der Waals surface area contributed by atoms with Crippen molar-refractivity contribution < 1.29 is 24.4 Å². The van der Waals surface area contributed by atoms with Gasteiger partial charge in [0.05, 0.1) is 47.7 Å². The van der Waals surface area contributed by atoms with Gasteiger partial charge in [-0.3, -0.25) is 4.57 Å². The van der Waals surface area contributed by atoms with Crippen molar-refractivity contribution in [3.05, 3.63) is 88.8 Å². The molecule has 0 aliphatic carbocycles. The number of rotatable bonds is 6. The van der Waals surface area contributed by atoms with Crippen molar-refractivity contribution in [2.45, 2.75) is 37.1 Å². The summed E-state index contributed by atoms with van der Waals surface area (Å²) in [5.74, 6) is 0.408. The second-order valence-corrected chi connectivity index (χ2v) is 9.86. The third-order valence-corrected chi connectivity index (χ3v) is 7.89. The van der Waals surface area contributed by atoms with Crippen LogP contribution in [0.2, 0.25) is 0 Å². The van der Waals surface area contributed by atoms with Crippen LogP contribution in [0.4, 0.5) is 5.69 Å². The molecule has 6 rings (SSSR count). The summed E-state index contributed by atoms with van der Waals surface area (Å²) in [5.41, 5.74) is 0.742. The normalized spacial score (nSPS) is 23.2. The first-order valence-electron chi connectivity index (χ1n) is 12.3. The van der Waals surface area contributed by atoms with E-state index in [1.165, 1.54) is 4.57 Å². The number of ether oxygens (including phenoxy) is 3. The molecule has 2 bridgehead atoms. The first kappa shape index (κ1) is 23.9. The van der Waals surface area contributed by atoms with Gasteiger partial charge in [0.2, 0.25) is 11.8 Å². The minimum absolute atomic E-state index is 0.102. The summed E-state index contributed by atoms with van der Waals surface area (Å²) in [5, 5.41) is 33.7. The van der Waals surface area contributed by atoms with Gasteiger partial charge < -0.3 is 24.4 Å². The van der Waals surface area contributed by atoms with Gasteiger partial charge in [-0.1, -0.05) is 30.3 Å². The van der Waals surface area contributed by atoms with Crippen molar-refractivity contribution in [2.75, 3.05) is 13.7 Å². The van der Waals surface area contributed by atoms with Crippen molar-refractivity contribution in [1.82, 2.24) is 4.57 Å². The van der Waals surface area contributed by atoms with Crippen LogP contribution in [0.15, 0.2) is 60.7 Å². The lowest BCUT2D eigenvalue weighted by atomic mass is 9.76. The first-order chi connectivity index (χ1) is 18.4. The molecular weight excluding hydrogens is 482 g/mol. The number of hydrogen-bond donors (Lipinski definition) is 2. The molecule has 8 nitrogen and oxygen atoms in total. The molecule has 2 N–H and O–H groups in total. The summed E-state index contributed by atoms with van der Waals surface area (Å²) in [6.07, 6.45) is 0.550. The third kappa shape index (κ3) is 3.21. The highest BCUT2D eigenvalue weighted by atomic mass is 16.6. The Bertz CT molecular complexity index is 1660. The lowest BCUT2D eigenvalue weighted by molar-refractivity contribution is -0.112. The van der Waals surface area contributed by atoms with Crippen molar-refractivity contribution in [3.8, 4) is 29.3 Å². The molecule has 4 aromatic rings. The van der Waals surface area contributed by atoms with Gasteiger partial charge in [0.1, 0.15) is 17.0 Å². The van der Waals surface area contributed by atoms with Crippen LogP contribution < -0.4 is 4.74 Å². The van der Waals surface area contributed by atoms with Crippen LogP contribution in [-0.4, -0.2) is 34.6 Å². The zero-order chi connectivity index (χ0) is 26.7. The summed E-state index contributed by atoms with van der Waals surface area (Å²) in [6, 6.07) is 19.8. The SMILES string of the molecule is [C-]#[N+]c1ccc(-n2c(O)c3c(c2O)C2(C)OC3(CCOc3ccc(C#N)cc3)C[C@H]2OC)c2ccccc12. The molecule has 0 amide bonds. The molecule has 3 aromatic carbocycles. The standard InChI is InChI=1S/C30H25N3O5/c1-29-24(36-3)16-30(38-29,14-15-37-19-10-8-18(17-31)9-11-19)26-25(29)27(34)33(28(26)35)23-13-12-22(32-2)20-6-4-5-7-21(20)23/h4-13,24,34-35H,14-16H2,1,3H3/t24-,29?,30?/m1/s1. The number of aromatic nitrogens is 1. The average Bonchev–Trinajstić information content (AvgIpc) is 3.49. The van der Waals surface area contributed by atoms with E-state index < -0.39 is 11.2 Å². The molecule has 2 aliphatic heterocycles. The molecule has 0 saturated carbocycles. The Kier molecular flexibility index (Phi) is 5.36. The van der Waals surface area contributed by atoms with Gasteiger partial charge in [0.25, 0.3) is 0 Å². The molecule has 1 fully saturated rings. The Labute approximate surface area is 219 Å². The fourth-order valence-electron chi connectivity index (χ4n) is 6.16. The number of methoxy groups -OCH3 is 1. The zero-order valence-corrected chi connectivity index (χ0v) is 20.9.